The molecule has 0 spiro atoms. The lowest BCUT2D eigenvalue weighted by molar-refractivity contribution is 0.154. The fourth-order valence-corrected chi connectivity index (χ4v) is 4.84. The van der Waals surface area contributed by atoms with Gasteiger partial charge in [-0.05, 0) is 24.3 Å². The van der Waals surface area contributed by atoms with Crippen LogP contribution >= 0.6 is 0 Å². The second kappa shape index (κ2) is 6.99. The van der Waals surface area contributed by atoms with Crippen molar-refractivity contribution in [2.75, 3.05) is 26.2 Å². The molecule has 2 aromatic carbocycles. The number of sulfonamides is 1. The molecular formula is C18H18F2N4O2S. The van der Waals surface area contributed by atoms with Crippen molar-refractivity contribution in [3.05, 3.63) is 60.4 Å². The van der Waals surface area contributed by atoms with Gasteiger partial charge in [0.1, 0.15) is 11.6 Å². The number of fused-ring (bicyclic) bond motifs is 1. The summed E-state index contributed by atoms with van der Waals surface area (Å²) in [5.41, 5.74) is 1.90. The summed E-state index contributed by atoms with van der Waals surface area (Å²) in [6.45, 7) is 1.83. The predicted octanol–water partition coefficient (Wildman–Crippen LogP) is 2.28. The first-order valence-corrected chi connectivity index (χ1v) is 9.97. The first-order chi connectivity index (χ1) is 13.0. The van der Waals surface area contributed by atoms with E-state index in [1.807, 2.05) is 28.8 Å². The van der Waals surface area contributed by atoms with Gasteiger partial charge in [-0.3, -0.25) is 4.90 Å². The molecule has 0 atom stereocenters. The van der Waals surface area contributed by atoms with Gasteiger partial charge in [0.15, 0.2) is 4.90 Å². The van der Waals surface area contributed by atoms with Gasteiger partial charge in [-0.2, -0.15) is 4.31 Å². The van der Waals surface area contributed by atoms with Crippen LogP contribution in [0.3, 0.4) is 0 Å². The van der Waals surface area contributed by atoms with Crippen molar-refractivity contribution >= 4 is 21.1 Å². The monoisotopic (exact) mass is 392 g/mol. The highest BCUT2D eigenvalue weighted by Crippen LogP contribution is 2.24. The molecule has 1 saturated heterocycles. The van der Waals surface area contributed by atoms with Crippen LogP contribution < -0.4 is 0 Å². The molecule has 0 N–H and O–H groups in total. The Morgan fingerprint density at radius 2 is 1.59 bits per heavy atom. The minimum absolute atomic E-state index is 0.169. The van der Waals surface area contributed by atoms with Crippen LogP contribution in [0.15, 0.2) is 53.7 Å². The van der Waals surface area contributed by atoms with Crippen LogP contribution in [0, 0.1) is 11.6 Å². The summed E-state index contributed by atoms with van der Waals surface area (Å²) >= 11 is 0. The van der Waals surface area contributed by atoms with Crippen molar-refractivity contribution in [3.8, 4) is 0 Å². The normalized spacial score (nSPS) is 16.8. The molecule has 0 saturated carbocycles. The number of piperazine rings is 1. The molecule has 1 aliphatic rings. The maximum absolute atomic E-state index is 13.9. The number of imidazole rings is 1. The Bertz CT molecular complexity index is 1060. The third-order valence-corrected chi connectivity index (χ3v) is 6.68. The summed E-state index contributed by atoms with van der Waals surface area (Å²) in [6.07, 6.45) is 1.75. The minimum atomic E-state index is -4.21. The Balaban J connectivity index is 1.47. The number of nitrogens with zero attached hydrogens (tertiary/aromatic N) is 4. The van der Waals surface area contributed by atoms with Crippen LogP contribution in [0.25, 0.3) is 11.0 Å². The number of halogens is 2. The second-order valence-corrected chi connectivity index (χ2v) is 8.29. The number of benzene rings is 2. The molecule has 0 unspecified atom stereocenters. The van der Waals surface area contributed by atoms with Crippen molar-refractivity contribution in [2.24, 2.45) is 0 Å². The third-order valence-electron chi connectivity index (χ3n) is 4.73. The Kier molecular flexibility index (Phi) is 4.67. The lowest BCUT2D eigenvalue weighted by atomic mass is 10.3. The van der Waals surface area contributed by atoms with Crippen LogP contribution in [0.2, 0.25) is 0 Å². The molecule has 0 bridgehead atoms. The summed E-state index contributed by atoms with van der Waals surface area (Å²) in [6, 6.07) is 10.8. The van der Waals surface area contributed by atoms with Crippen molar-refractivity contribution in [2.45, 2.75) is 11.6 Å². The molecule has 2 heterocycles. The van der Waals surface area contributed by atoms with Gasteiger partial charge in [0.2, 0.25) is 10.0 Å². The maximum Gasteiger partial charge on any atom is 0.249 e. The summed E-state index contributed by atoms with van der Waals surface area (Å²) in [5.74, 6) is -2.13. The number of para-hydroxylation sites is 2. The number of rotatable bonds is 4. The lowest BCUT2D eigenvalue weighted by Gasteiger charge is -2.34. The van der Waals surface area contributed by atoms with Gasteiger partial charge in [0, 0.05) is 26.2 Å². The molecule has 0 radical (unpaired) electrons. The van der Waals surface area contributed by atoms with E-state index >= 15 is 0 Å². The van der Waals surface area contributed by atoms with Gasteiger partial charge in [-0.25, -0.2) is 22.2 Å². The third kappa shape index (κ3) is 3.33. The fourth-order valence-electron chi connectivity index (χ4n) is 3.31. The van der Waals surface area contributed by atoms with E-state index in [0.29, 0.717) is 19.8 Å². The van der Waals surface area contributed by atoms with E-state index in [9.17, 15) is 17.2 Å². The molecule has 4 rings (SSSR count). The average molecular weight is 392 g/mol. The first-order valence-electron chi connectivity index (χ1n) is 8.53. The SMILES string of the molecule is O=S(=O)(c1c(F)cccc1F)N1CCN(Cn2cnc3ccccc32)CC1. The van der Waals surface area contributed by atoms with Gasteiger partial charge in [-0.1, -0.05) is 18.2 Å². The lowest BCUT2D eigenvalue weighted by Crippen LogP contribution is -2.49. The molecule has 142 valence electrons. The van der Waals surface area contributed by atoms with Crippen molar-refractivity contribution < 1.29 is 17.2 Å². The maximum atomic E-state index is 13.9. The van der Waals surface area contributed by atoms with Crippen LogP contribution in [0.4, 0.5) is 8.78 Å². The minimum Gasteiger partial charge on any atom is -0.317 e. The molecule has 1 aromatic heterocycles. The Hall–Kier alpha value is -2.36. The van der Waals surface area contributed by atoms with Crippen LogP contribution in [-0.4, -0.2) is 53.4 Å². The number of hydrogen-bond donors (Lipinski definition) is 0. The van der Waals surface area contributed by atoms with Crippen LogP contribution in [-0.2, 0) is 16.7 Å². The Labute approximate surface area is 155 Å². The van der Waals surface area contributed by atoms with Crippen molar-refractivity contribution in [3.63, 3.8) is 0 Å². The molecule has 27 heavy (non-hydrogen) atoms. The largest absolute Gasteiger partial charge is 0.317 e. The zero-order valence-corrected chi connectivity index (χ0v) is 15.2. The first kappa shape index (κ1) is 18.0. The summed E-state index contributed by atoms with van der Waals surface area (Å²) in [4.78, 5) is 5.55. The fraction of sp³-hybridized carbons (Fsp3) is 0.278. The van der Waals surface area contributed by atoms with Crippen molar-refractivity contribution in [1.29, 1.82) is 0 Å². The Morgan fingerprint density at radius 3 is 2.30 bits per heavy atom. The molecule has 0 amide bonds. The molecule has 3 aromatic rings. The van der Waals surface area contributed by atoms with Crippen LogP contribution in [0.5, 0.6) is 0 Å². The number of hydrogen-bond acceptors (Lipinski definition) is 4. The van der Waals surface area contributed by atoms with E-state index < -0.39 is 26.6 Å². The molecular weight excluding hydrogens is 374 g/mol. The van der Waals surface area contributed by atoms with E-state index in [2.05, 4.69) is 9.88 Å². The van der Waals surface area contributed by atoms with E-state index in [4.69, 9.17) is 0 Å². The van der Waals surface area contributed by atoms with Gasteiger partial charge in [-0.15, -0.1) is 0 Å². The standard InChI is InChI=1S/C18H18F2N4O2S/c19-14-4-3-5-15(20)18(14)27(25,26)24-10-8-22(9-11-24)13-23-12-21-16-6-1-2-7-17(16)23/h1-7,12H,8-11,13H2. The molecule has 1 fully saturated rings. The summed E-state index contributed by atoms with van der Waals surface area (Å²) < 4.78 is 56.2. The zero-order chi connectivity index (χ0) is 19.0. The van der Waals surface area contributed by atoms with Crippen LogP contribution in [0.1, 0.15) is 0 Å². The van der Waals surface area contributed by atoms with Gasteiger partial charge in [0.05, 0.1) is 24.0 Å². The predicted molar refractivity (Wildman–Crippen MR) is 96.4 cm³/mol. The molecule has 1 aliphatic heterocycles. The summed E-state index contributed by atoms with van der Waals surface area (Å²) in [7, 11) is -4.21. The van der Waals surface area contributed by atoms with Gasteiger partial charge in [0.25, 0.3) is 0 Å². The zero-order valence-electron chi connectivity index (χ0n) is 14.4. The number of aromatic nitrogens is 2. The van der Waals surface area contributed by atoms with Gasteiger partial charge < -0.3 is 4.57 Å². The van der Waals surface area contributed by atoms with E-state index in [1.165, 1.54) is 0 Å². The smallest absolute Gasteiger partial charge is 0.249 e. The van der Waals surface area contributed by atoms with E-state index in [1.54, 1.807) is 6.33 Å². The van der Waals surface area contributed by atoms with E-state index in [0.717, 1.165) is 33.5 Å². The molecule has 9 heteroatoms. The van der Waals surface area contributed by atoms with Crippen molar-refractivity contribution in [1.82, 2.24) is 18.8 Å². The molecule has 0 aliphatic carbocycles. The average Bonchev–Trinajstić information content (AvgIpc) is 3.05. The highest BCUT2D eigenvalue weighted by Gasteiger charge is 2.33. The van der Waals surface area contributed by atoms with Gasteiger partial charge >= 0.3 is 0 Å². The second-order valence-electron chi connectivity index (χ2n) is 6.42. The summed E-state index contributed by atoms with van der Waals surface area (Å²) in [5, 5.41) is 0. The highest BCUT2D eigenvalue weighted by molar-refractivity contribution is 7.89. The Morgan fingerprint density at radius 1 is 0.926 bits per heavy atom. The topological polar surface area (TPSA) is 58.4 Å². The highest BCUT2D eigenvalue weighted by atomic mass is 32.2. The molecule has 6 nitrogen and oxygen atoms in total. The quantitative estimate of drug-likeness (QED) is 0.684. The van der Waals surface area contributed by atoms with E-state index in [-0.39, 0.29) is 13.1 Å².